The number of thiocarbonyl (C=S) groups is 1. The fourth-order valence-electron chi connectivity index (χ4n) is 2.40. The van der Waals surface area contributed by atoms with E-state index < -0.39 is 0 Å². The molecule has 1 amide bonds. The summed E-state index contributed by atoms with van der Waals surface area (Å²) in [5.74, 6) is 1.10. The van der Waals surface area contributed by atoms with Crippen LogP contribution in [0, 0.1) is 0 Å². The molecule has 2 aromatic carbocycles. The summed E-state index contributed by atoms with van der Waals surface area (Å²) in [5.41, 5.74) is 1.31. The first-order valence-electron chi connectivity index (χ1n) is 7.29. The van der Waals surface area contributed by atoms with Crippen molar-refractivity contribution >= 4 is 57.6 Å². The zero-order valence-electron chi connectivity index (χ0n) is 13.5. The molecule has 25 heavy (non-hydrogen) atoms. The van der Waals surface area contributed by atoms with Crippen molar-refractivity contribution in [3.8, 4) is 11.5 Å². The number of amides is 1. The van der Waals surface area contributed by atoms with E-state index in [0.29, 0.717) is 31.4 Å². The maximum Gasteiger partial charge on any atom is 0.270 e. The van der Waals surface area contributed by atoms with Crippen molar-refractivity contribution in [1.29, 1.82) is 0 Å². The summed E-state index contributed by atoms with van der Waals surface area (Å²) in [6, 6.07) is 12.5. The number of carbonyl (C=O) groups is 1. The van der Waals surface area contributed by atoms with E-state index in [-0.39, 0.29) is 5.91 Å². The van der Waals surface area contributed by atoms with Crippen molar-refractivity contribution in [2.75, 3.05) is 19.1 Å². The van der Waals surface area contributed by atoms with Crippen LogP contribution < -0.4 is 14.4 Å². The van der Waals surface area contributed by atoms with Crippen molar-refractivity contribution < 1.29 is 14.3 Å². The number of benzene rings is 2. The molecule has 1 aliphatic rings. The fraction of sp³-hybridized carbons (Fsp3) is 0.111. The van der Waals surface area contributed by atoms with Gasteiger partial charge in [-0.15, -0.1) is 0 Å². The van der Waals surface area contributed by atoms with Gasteiger partial charge in [-0.1, -0.05) is 47.7 Å². The molecule has 1 aliphatic heterocycles. The van der Waals surface area contributed by atoms with E-state index in [9.17, 15) is 4.79 Å². The number of rotatable bonds is 4. The number of hydrogen-bond donors (Lipinski definition) is 0. The topological polar surface area (TPSA) is 38.8 Å². The highest BCUT2D eigenvalue weighted by Gasteiger charge is 2.34. The van der Waals surface area contributed by atoms with Crippen molar-refractivity contribution in [2.24, 2.45) is 0 Å². The number of ether oxygens (including phenoxy) is 2. The molecule has 0 aromatic heterocycles. The molecule has 3 rings (SSSR count). The Kier molecular flexibility index (Phi) is 5.32. The lowest BCUT2D eigenvalue weighted by molar-refractivity contribution is -0.113. The predicted octanol–water partition coefficient (Wildman–Crippen LogP) is 4.76. The summed E-state index contributed by atoms with van der Waals surface area (Å²) >= 11 is 12.8. The molecule has 0 saturated carbocycles. The zero-order chi connectivity index (χ0) is 18.0. The minimum atomic E-state index is -0.215. The lowest BCUT2D eigenvalue weighted by atomic mass is 10.1. The number of carbonyl (C=O) groups excluding carboxylic acids is 1. The van der Waals surface area contributed by atoms with Crippen molar-refractivity contribution in [3.05, 3.63) is 58.0 Å². The molecule has 7 heteroatoms. The maximum absolute atomic E-state index is 12.8. The van der Waals surface area contributed by atoms with E-state index in [1.807, 2.05) is 6.07 Å². The van der Waals surface area contributed by atoms with Crippen LogP contribution in [-0.2, 0) is 4.79 Å². The molecule has 128 valence electrons. The molecule has 0 aliphatic carbocycles. The van der Waals surface area contributed by atoms with Gasteiger partial charge < -0.3 is 9.47 Å². The normalized spacial score (nSPS) is 15.8. The Morgan fingerprint density at radius 2 is 1.92 bits per heavy atom. The second-order valence-electron chi connectivity index (χ2n) is 5.08. The largest absolute Gasteiger partial charge is 0.497 e. The third kappa shape index (κ3) is 3.51. The fourth-order valence-corrected chi connectivity index (χ4v) is 3.90. The quantitative estimate of drug-likeness (QED) is 0.554. The minimum Gasteiger partial charge on any atom is -0.497 e. The smallest absolute Gasteiger partial charge is 0.270 e. The summed E-state index contributed by atoms with van der Waals surface area (Å²) in [6.45, 7) is 0. The number of hydrogen-bond acceptors (Lipinski definition) is 5. The van der Waals surface area contributed by atoms with Crippen LogP contribution in [0.4, 0.5) is 5.69 Å². The molecule has 0 bridgehead atoms. The minimum absolute atomic E-state index is 0.215. The van der Waals surface area contributed by atoms with Gasteiger partial charge in [0.25, 0.3) is 5.91 Å². The molecule has 1 saturated heterocycles. The second kappa shape index (κ2) is 7.47. The van der Waals surface area contributed by atoms with Gasteiger partial charge in [-0.25, -0.2) is 0 Å². The maximum atomic E-state index is 12.8. The van der Waals surface area contributed by atoms with Gasteiger partial charge in [0.2, 0.25) is 0 Å². The number of methoxy groups -OCH3 is 2. The second-order valence-corrected chi connectivity index (χ2v) is 7.16. The average molecular weight is 392 g/mol. The molecule has 0 unspecified atom stereocenters. The summed E-state index contributed by atoms with van der Waals surface area (Å²) < 4.78 is 11.0. The lowest BCUT2D eigenvalue weighted by Crippen LogP contribution is -2.27. The van der Waals surface area contributed by atoms with Gasteiger partial charge in [0.15, 0.2) is 4.32 Å². The van der Waals surface area contributed by atoms with E-state index in [2.05, 4.69) is 0 Å². The Hall–Kier alpha value is -2.02. The molecule has 0 spiro atoms. The number of anilines is 1. The standard InChI is InChI=1S/C18H14ClNO3S2/c1-22-12-7-8-15(23-2)11(9-12)10-16-17(21)20(18(24)25-16)14-6-4-3-5-13(14)19/h3-10H,1-2H3/b16-10+. The van der Waals surface area contributed by atoms with Crippen LogP contribution in [0.5, 0.6) is 11.5 Å². The Morgan fingerprint density at radius 1 is 1.16 bits per heavy atom. The Morgan fingerprint density at radius 3 is 2.60 bits per heavy atom. The highest BCUT2D eigenvalue weighted by molar-refractivity contribution is 8.27. The first kappa shape index (κ1) is 17.8. The molecule has 1 fully saturated rings. The van der Waals surface area contributed by atoms with Gasteiger partial charge in [-0.2, -0.15) is 0 Å². The summed E-state index contributed by atoms with van der Waals surface area (Å²) in [6.07, 6.45) is 1.75. The third-order valence-corrected chi connectivity index (χ3v) is 5.23. The van der Waals surface area contributed by atoms with Gasteiger partial charge in [0, 0.05) is 5.56 Å². The van der Waals surface area contributed by atoms with Gasteiger partial charge in [0.05, 0.1) is 29.8 Å². The summed E-state index contributed by atoms with van der Waals surface area (Å²) in [7, 11) is 3.16. The molecule has 0 N–H and O–H groups in total. The first-order chi connectivity index (χ1) is 12.0. The molecular weight excluding hydrogens is 378 g/mol. The SMILES string of the molecule is COc1ccc(OC)c(/C=C2/SC(=S)N(c3ccccc3Cl)C2=O)c1. The van der Waals surface area contributed by atoms with Crippen LogP contribution in [0.1, 0.15) is 5.56 Å². The van der Waals surface area contributed by atoms with Gasteiger partial charge in [-0.3, -0.25) is 9.69 Å². The molecule has 4 nitrogen and oxygen atoms in total. The van der Waals surface area contributed by atoms with Crippen LogP contribution in [-0.4, -0.2) is 24.4 Å². The van der Waals surface area contributed by atoms with Crippen molar-refractivity contribution in [1.82, 2.24) is 0 Å². The zero-order valence-corrected chi connectivity index (χ0v) is 15.9. The monoisotopic (exact) mass is 391 g/mol. The third-order valence-electron chi connectivity index (χ3n) is 3.61. The number of halogens is 1. The Labute approximate surface area is 160 Å². The predicted molar refractivity (Wildman–Crippen MR) is 107 cm³/mol. The van der Waals surface area contributed by atoms with Crippen LogP contribution >= 0.6 is 35.6 Å². The Bertz CT molecular complexity index is 882. The molecule has 1 heterocycles. The lowest BCUT2D eigenvalue weighted by Gasteiger charge is -2.15. The average Bonchev–Trinajstić information content (AvgIpc) is 2.89. The molecule has 0 atom stereocenters. The van der Waals surface area contributed by atoms with E-state index in [0.717, 1.165) is 5.56 Å². The number of para-hydroxylation sites is 1. The van der Waals surface area contributed by atoms with Gasteiger partial charge in [-0.05, 0) is 36.4 Å². The first-order valence-corrected chi connectivity index (χ1v) is 8.90. The summed E-state index contributed by atoms with van der Waals surface area (Å²) in [4.78, 5) is 14.8. The number of nitrogens with zero attached hydrogens (tertiary/aromatic N) is 1. The summed E-state index contributed by atoms with van der Waals surface area (Å²) in [5, 5.41) is 0.471. The van der Waals surface area contributed by atoms with Gasteiger partial charge in [0.1, 0.15) is 11.5 Å². The molecule has 2 aromatic rings. The van der Waals surface area contributed by atoms with Crippen LogP contribution in [0.2, 0.25) is 5.02 Å². The van der Waals surface area contributed by atoms with Gasteiger partial charge >= 0.3 is 0 Å². The number of thioether (sulfide) groups is 1. The van der Waals surface area contributed by atoms with Crippen LogP contribution in [0.3, 0.4) is 0 Å². The van der Waals surface area contributed by atoms with E-state index >= 15 is 0 Å². The highest BCUT2D eigenvalue weighted by atomic mass is 35.5. The van der Waals surface area contributed by atoms with Crippen molar-refractivity contribution in [2.45, 2.75) is 0 Å². The molecule has 0 radical (unpaired) electrons. The van der Waals surface area contributed by atoms with Crippen LogP contribution in [0.15, 0.2) is 47.4 Å². The van der Waals surface area contributed by atoms with Crippen LogP contribution in [0.25, 0.3) is 6.08 Å². The molecular formula is C18H14ClNO3S2. The van der Waals surface area contributed by atoms with E-state index in [4.69, 9.17) is 33.3 Å². The Balaban J connectivity index is 2.00. The van der Waals surface area contributed by atoms with E-state index in [1.165, 1.54) is 16.7 Å². The van der Waals surface area contributed by atoms with E-state index in [1.54, 1.807) is 56.7 Å². The van der Waals surface area contributed by atoms with Crippen molar-refractivity contribution in [3.63, 3.8) is 0 Å². The highest BCUT2D eigenvalue weighted by Crippen LogP contribution is 2.39.